The molecule has 2 heterocycles. The maximum Gasteiger partial charge on any atom is 0.270 e. The topological polar surface area (TPSA) is 34.6 Å². The van der Waals surface area contributed by atoms with Crippen LogP contribution in [0.5, 0.6) is 0 Å². The van der Waals surface area contributed by atoms with Crippen molar-refractivity contribution in [3.63, 3.8) is 0 Å². The second-order valence-electron chi connectivity index (χ2n) is 4.45. The maximum absolute atomic E-state index is 12.8. The minimum atomic E-state index is -0.357. The molecule has 0 aliphatic carbocycles. The molecular formula is C15H14FN4+. The average molecular weight is 269 g/mol. The zero-order valence-corrected chi connectivity index (χ0v) is 11.1. The van der Waals surface area contributed by atoms with Gasteiger partial charge in [-0.25, -0.2) is 13.9 Å². The van der Waals surface area contributed by atoms with Crippen molar-refractivity contribution in [2.75, 3.05) is 0 Å². The first-order valence-corrected chi connectivity index (χ1v) is 6.43. The molecule has 4 nitrogen and oxygen atoms in total. The van der Waals surface area contributed by atoms with Crippen molar-refractivity contribution in [3.8, 4) is 11.5 Å². The fourth-order valence-corrected chi connectivity index (χ4v) is 1.95. The van der Waals surface area contributed by atoms with Gasteiger partial charge in [-0.05, 0) is 30.2 Å². The molecule has 0 aliphatic rings. The van der Waals surface area contributed by atoms with Crippen LogP contribution in [-0.4, -0.2) is 14.8 Å². The summed E-state index contributed by atoms with van der Waals surface area (Å²) in [5.41, 5.74) is 2.32. The molecule has 2 aromatic heterocycles. The highest BCUT2D eigenvalue weighted by Crippen LogP contribution is 2.06. The first-order chi connectivity index (χ1) is 9.76. The number of hydrogen-bond donors (Lipinski definition) is 0. The summed E-state index contributed by atoms with van der Waals surface area (Å²) in [7, 11) is 0. The Bertz CT molecular complexity index is 701. The van der Waals surface area contributed by atoms with Gasteiger partial charge < -0.3 is 0 Å². The number of nitrogens with zero attached hydrogens (tertiary/aromatic N) is 4. The van der Waals surface area contributed by atoms with Crippen LogP contribution in [0.15, 0.2) is 55.2 Å². The van der Waals surface area contributed by atoms with Crippen molar-refractivity contribution in [3.05, 3.63) is 66.6 Å². The van der Waals surface area contributed by atoms with Gasteiger partial charge >= 0.3 is 0 Å². The molecule has 5 heteroatoms. The van der Waals surface area contributed by atoms with E-state index >= 15 is 0 Å². The van der Waals surface area contributed by atoms with Crippen LogP contribution >= 0.6 is 0 Å². The molecule has 0 spiro atoms. The van der Waals surface area contributed by atoms with Gasteiger partial charge in [-0.2, -0.15) is 0 Å². The summed E-state index contributed by atoms with van der Waals surface area (Å²) in [5, 5.41) is 4.23. The van der Waals surface area contributed by atoms with Crippen LogP contribution in [-0.2, 0) is 6.42 Å². The van der Waals surface area contributed by atoms with Gasteiger partial charge in [-0.15, -0.1) is 0 Å². The third-order valence-corrected chi connectivity index (χ3v) is 3.12. The van der Waals surface area contributed by atoms with Crippen molar-refractivity contribution in [1.82, 2.24) is 14.8 Å². The number of benzene rings is 1. The van der Waals surface area contributed by atoms with E-state index < -0.39 is 0 Å². The maximum atomic E-state index is 12.8. The average Bonchev–Trinajstić information content (AvgIpc) is 2.98. The molecule has 0 saturated heterocycles. The molecule has 1 aromatic carbocycles. The van der Waals surface area contributed by atoms with Crippen LogP contribution in [0, 0.1) is 5.82 Å². The highest BCUT2D eigenvalue weighted by molar-refractivity contribution is 5.27. The molecule has 100 valence electrons. The molecule has 3 rings (SSSR count). The summed E-state index contributed by atoms with van der Waals surface area (Å²) in [6.07, 6.45) is 5.70. The molecule has 0 N–H and O–H groups in total. The van der Waals surface area contributed by atoms with E-state index in [9.17, 15) is 4.39 Å². The van der Waals surface area contributed by atoms with Crippen molar-refractivity contribution < 1.29 is 8.96 Å². The van der Waals surface area contributed by atoms with Gasteiger partial charge in [0, 0.05) is 11.2 Å². The smallest absolute Gasteiger partial charge is 0.219 e. The van der Waals surface area contributed by atoms with Gasteiger partial charge in [0.15, 0.2) is 0 Å². The lowest BCUT2D eigenvalue weighted by atomic mass is 10.1. The monoisotopic (exact) mass is 269 g/mol. The van der Waals surface area contributed by atoms with Crippen LogP contribution in [0.2, 0.25) is 0 Å². The van der Waals surface area contributed by atoms with E-state index in [0.29, 0.717) is 5.82 Å². The molecule has 0 atom stereocenters. The lowest BCUT2D eigenvalue weighted by Crippen LogP contribution is -2.27. The van der Waals surface area contributed by atoms with Crippen LogP contribution < -0.4 is 4.57 Å². The van der Waals surface area contributed by atoms with Gasteiger partial charge in [-0.1, -0.05) is 23.7 Å². The van der Waals surface area contributed by atoms with E-state index in [1.165, 1.54) is 17.8 Å². The molecule has 0 radical (unpaired) electrons. The first-order valence-electron chi connectivity index (χ1n) is 6.43. The number of hydrogen-bond acceptors (Lipinski definition) is 2. The van der Waals surface area contributed by atoms with Crippen LogP contribution in [0.3, 0.4) is 0 Å². The Morgan fingerprint density at radius 1 is 1.15 bits per heavy atom. The van der Waals surface area contributed by atoms with Crippen LogP contribution in [0.1, 0.15) is 12.5 Å². The fraction of sp³-hybridized carbons (Fsp3) is 0.133. The Labute approximate surface area is 116 Å². The van der Waals surface area contributed by atoms with Gasteiger partial charge in [0.05, 0.1) is 6.20 Å². The summed E-state index contributed by atoms with van der Waals surface area (Å²) in [6.45, 7) is 2.13. The summed E-state index contributed by atoms with van der Waals surface area (Å²) in [6, 6.07) is 11.2. The van der Waals surface area contributed by atoms with Crippen molar-refractivity contribution in [2.24, 2.45) is 0 Å². The number of rotatable bonds is 3. The van der Waals surface area contributed by atoms with E-state index in [1.807, 2.05) is 16.7 Å². The third kappa shape index (κ3) is 2.42. The second-order valence-corrected chi connectivity index (χ2v) is 4.45. The van der Waals surface area contributed by atoms with E-state index in [-0.39, 0.29) is 5.82 Å². The van der Waals surface area contributed by atoms with Crippen LogP contribution in [0.4, 0.5) is 4.39 Å². The van der Waals surface area contributed by atoms with Crippen molar-refractivity contribution in [2.45, 2.75) is 13.3 Å². The quantitative estimate of drug-likeness (QED) is 0.683. The minimum absolute atomic E-state index is 0.357. The number of aromatic nitrogens is 4. The largest absolute Gasteiger partial charge is 0.270 e. The highest BCUT2D eigenvalue weighted by atomic mass is 19.1. The number of halogens is 1. The fourth-order valence-electron chi connectivity index (χ4n) is 1.95. The summed E-state index contributed by atoms with van der Waals surface area (Å²) in [4.78, 5) is 4.00. The zero-order chi connectivity index (χ0) is 13.9. The van der Waals surface area contributed by atoms with Crippen molar-refractivity contribution in [1.29, 1.82) is 0 Å². The van der Waals surface area contributed by atoms with E-state index in [1.54, 1.807) is 23.4 Å². The number of aryl methyl sites for hydroxylation is 1. The lowest BCUT2D eigenvalue weighted by Gasteiger charge is -1.98. The SMILES string of the molecule is CCc1ccc(-[n+]2cnn(-c3ccc(F)cn3)c2)cc1. The molecular weight excluding hydrogens is 255 g/mol. The van der Waals surface area contributed by atoms with E-state index in [4.69, 9.17) is 0 Å². The molecule has 3 aromatic rings. The molecule has 20 heavy (non-hydrogen) atoms. The third-order valence-electron chi connectivity index (χ3n) is 3.12. The molecule has 0 unspecified atom stereocenters. The first kappa shape index (κ1) is 12.5. The summed E-state index contributed by atoms with van der Waals surface area (Å²) < 4.78 is 16.3. The Morgan fingerprint density at radius 2 is 1.95 bits per heavy atom. The number of pyridine rings is 1. The van der Waals surface area contributed by atoms with Gasteiger partial charge in [0.1, 0.15) is 11.5 Å². The molecule has 0 saturated carbocycles. The lowest BCUT2D eigenvalue weighted by molar-refractivity contribution is -0.596. The summed E-state index contributed by atoms with van der Waals surface area (Å²) >= 11 is 0. The minimum Gasteiger partial charge on any atom is -0.219 e. The van der Waals surface area contributed by atoms with Gasteiger partial charge in [0.2, 0.25) is 12.1 Å². The highest BCUT2D eigenvalue weighted by Gasteiger charge is 2.11. The molecule has 0 bridgehead atoms. The summed E-state index contributed by atoms with van der Waals surface area (Å²) in [5.74, 6) is 0.222. The molecule has 0 aliphatic heterocycles. The van der Waals surface area contributed by atoms with E-state index in [0.717, 1.165) is 12.1 Å². The molecule has 0 amide bonds. The Kier molecular flexibility index (Phi) is 3.25. The predicted molar refractivity (Wildman–Crippen MR) is 72.2 cm³/mol. The standard InChI is InChI=1S/C15H14FN4/c1-2-12-3-6-14(7-4-12)19-10-18-20(11-19)15-8-5-13(16)9-17-15/h3-11H,2H2,1H3/q+1. The zero-order valence-electron chi connectivity index (χ0n) is 11.1. The molecule has 0 fully saturated rings. The Morgan fingerprint density at radius 3 is 2.60 bits per heavy atom. The Balaban J connectivity index is 1.91. The van der Waals surface area contributed by atoms with Crippen LogP contribution in [0.25, 0.3) is 11.5 Å². The predicted octanol–water partition coefficient (Wildman–Crippen LogP) is 2.25. The van der Waals surface area contributed by atoms with Gasteiger partial charge in [-0.3, -0.25) is 0 Å². The van der Waals surface area contributed by atoms with E-state index in [2.05, 4.69) is 29.1 Å². The Hall–Kier alpha value is -2.56. The normalized spacial score (nSPS) is 10.7. The second kappa shape index (κ2) is 5.21. The van der Waals surface area contributed by atoms with Crippen molar-refractivity contribution >= 4 is 0 Å². The van der Waals surface area contributed by atoms with Gasteiger partial charge in [0.25, 0.3) is 6.33 Å².